The summed E-state index contributed by atoms with van der Waals surface area (Å²) in [5.41, 5.74) is 1.78. The molecular weight excluding hydrogens is 193 g/mol. The van der Waals surface area contributed by atoms with Gasteiger partial charge in [-0.25, -0.2) is 4.39 Å². The van der Waals surface area contributed by atoms with Crippen molar-refractivity contribution in [3.63, 3.8) is 0 Å². The zero-order valence-corrected chi connectivity index (χ0v) is 8.08. The fourth-order valence-electron chi connectivity index (χ4n) is 1.48. The van der Waals surface area contributed by atoms with E-state index in [1.165, 1.54) is 7.11 Å². The van der Waals surface area contributed by atoms with Crippen molar-refractivity contribution in [1.29, 1.82) is 0 Å². The van der Waals surface area contributed by atoms with Crippen LogP contribution in [-0.2, 0) is 13.1 Å². The van der Waals surface area contributed by atoms with Crippen LogP contribution in [0.1, 0.15) is 11.1 Å². The summed E-state index contributed by atoms with van der Waals surface area (Å²) in [7, 11) is 1.48. The van der Waals surface area contributed by atoms with Gasteiger partial charge in [-0.05, 0) is 11.6 Å². The first-order valence-electron chi connectivity index (χ1n) is 3.88. The summed E-state index contributed by atoms with van der Waals surface area (Å²) in [6.07, 6.45) is 0. The van der Waals surface area contributed by atoms with E-state index in [4.69, 9.17) is 4.74 Å². The fraction of sp³-hybridized carbons (Fsp3) is 0.333. The van der Waals surface area contributed by atoms with Crippen molar-refractivity contribution >= 4 is 12.4 Å². The first-order valence-corrected chi connectivity index (χ1v) is 3.88. The molecule has 2 nitrogen and oxygen atoms in total. The Kier molecular flexibility index (Phi) is 3.12. The highest BCUT2D eigenvalue weighted by atomic mass is 35.5. The summed E-state index contributed by atoms with van der Waals surface area (Å²) < 4.78 is 18.3. The molecule has 0 fully saturated rings. The number of ether oxygens (including phenoxy) is 1. The molecule has 1 aromatic rings. The van der Waals surface area contributed by atoms with Crippen molar-refractivity contribution in [3.8, 4) is 5.75 Å². The molecule has 0 aliphatic carbocycles. The van der Waals surface area contributed by atoms with Gasteiger partial charge in [-0.2, -0.15) is 0 Å². The van der Waals surface area contributed by atoms with E-state index < -0.39 is 0 Å². The highest BCUT2D eigenvalue weighted by molar-refractivity contribution is 5.85. The molecule has 1 N–H and O–H groups in total. The molecule has 0 radical (unpaired) electrons. The van der Waals surface area contributed by atoms with Crippen LogP contribution in [0.15, 0.2) is 12.1 Å². The number of hydrogen-bond acceptors (Lipinski definition) is 2. The predicted octanol–water partition coefficient (Wildman–Crippen LogP) is 1.86. The van der Waals surface area contributed by atoms with E-state index in [2.05, 4.69) is 5.32 Å². The lowest BCUT2D eigenvalue weighted by atomic mass is 10.1. The van der Waals surface area contributed by atoms with Crippen molar-refractivity contribution < 1.29 is 9.13 Å². The number of benzene rings is 1. The first-order chi connectivity index (χ1) is 5.83. The fourth-order valence-corrected chi connectivity index (χ4v) is 1.48. The lowest BCUT2D eigenvalue weighted by Crippen LogP contribution is -2.00. The van der Waals surface area contributed by atoms with E-state index in [0.717, 1.165) is 17.7 Å². The van der Waals surface area contributed by atoms with Crippen LogP contribution in [0.25, 0.3) is 0 Å². The Hall–Kier alpha value is -0.800. The lowest BCUT2D eigenvalue weighted by molar-refractivity contribution is 0.384. The van der Waals surface area contributed by atoms with E-state index in [-0.39, 0.29) is 18.2 Å². The molecule has 2 rings (SSSR count). The second kappa shape index (κ2) is 3.94. The molecular formula is C9H11ClFNO. The van der Waals surface area contributed by atoms with Crippen LogP contribution >= 0.6 is 12.4 Å². The van der Waals surface area contributed by atoms with Gasteiger partial charge in [0.15, 0.2) is 11.6 Å². The Morgan fingerprint density at radius 3 is 2.85 bits per heavy atom. The van der Waals surface area contributed by atoms with Crippen LogP contribution in [0.5, 0.6) is 5.75 Å². The third kappa shape index (κ3) is 1.62. The van der Waals surface area contributed by atoms with Gasteiger partial charge in [0.25, 0.3) is 0 Å². The quantitative estimate of drug-likeness (QED) is 0.753. The minimum Gasteiger partial charge on any atom is -0.494 e. The van der Waals surface area contributed by atoms with Crippen molar-refractivity contribution in [2.75, 3.05) is 7.11 Å². The van der Waals surface area contributed by atoms with Crippen LogP contribution in [0.2, 0.25) is 0 Å². The molecule has 72 valence electrons. The normalized spacial score (nSPS) is 13.4. The van der Waals surface area contributed by atoms with E-state index in [1.54, 1.807) is 6.07 Å². The van der Waals surface area contributed by atoms with Crippen LogP contribution < -0.4 is 10.1 Å². The molecule has 0 aromatic heterocycles. The highest BCUT2D eigenvalue weighted by Crippen LogP contribution is 2.26. The second-order valence-electron chi connectivity index (χ2n) is 2.82. The molecule has 0 unspecified atom stereocenters. The molecule has 1 aromatic carbocycles. The Balaban J connectivity index is 0.000000845. The van der Waals surface area contributed by atoms with E-state index in [9.17, 15) is 4.39 Å². The Morgan fingerprint density at radius 1 is 1.38 bits per heavy atom. The Bertz CT molecular complexity index is 317. The molecule has 0 amide bonds. The summed E-state index contributed by atoms with van der Waals surface area (Å²) >= 11 is 0. The maximum absolute atomic E-state index is 13.4. The Morgan fingerprint density at radius 2 is 2.15 bits per heavy atom. The smallest absolute Gasteiger partial charge is 0.169 e. The van der Waals surface area contributed by atoms with E-state index in [0.29, 0.717) is 12.3 Å². The molecule has 4 heteroatoms. The number of halogens is 2. The minimum absolute atomic E-state index is 0. The number of fused-ring (bicyclic) bond motifs is 1. The topological polar surface area (TPSA) is 21.3 Å². The van der Waals surface area contributed by atoms with E-state index >= 15 is 0 Å². The van der Waals surface area contributed by atoms with Gasteiger partial charge in [-0.15, -0.1) is 12.4 Å². The van der Waals surface area contributed by atoms with Gasteiger partial charge in [0.05, 0.1) is 7.11 Å². The van der Waals surface area contributed by atoms with Gasteiger partial charge in [-0.3, -0.25) is 0 Å². The molecule has 0 atom stereocenters. The maximum atomic E-state index is 13.4. The summed E-state index contributed by atoms with van der Waals surface area (Å²) in [5.74, 6) is 0.109. The number of hydrogen-bond donors (Lipinski definition) is 1. The largest absolute Gasteiger partial charge is 0.494 e. The summed E-state index contributed by atoms with van der Waals surface area (Å²) in [5, 5.41) is 3.08. The molecule has 1 aliphatic rings. The lowest BCUT2D eigenvalue weighted by Gasteiger charge is -2.04. The summed E-state index contributed by atoms with van der Waals surface area (Å²) in [6, 6.07) is 3.57. The number of rotatable bonds is 1. The maximum Gasteiger partial charge on any atom is 0.169 e. The zero-order chi connectivity index (χ0) is 8.55. The minimum atomic E-state index is -0.222. The van der Waals surface area contributed by atoms with Crippen LogP contribution in [0.4, 0.5) is 4.39 Å². The first kappa shape index (κ1) is 10.3. The van der Waals surface area contributed by atoms with Crippen LogP contribution in [0, 0.1) is 5.82 Å². The Labute approximate surface area is 82.5 Å². The van der Waals surface area contributed by atoms with Gasteiger partial charge in [0.2, 0.25) is 0 Å². The predicted molar refractivity (Wildman–Crippen MR) is 50.7 cm³/mol. The number of methoxy groups -OCH3 is 1. The molecule has 1 aliphatic heterocycles. The van der Waals surface area contributed by atoms with Crippen molar-refractivity contribution in [3.05, 3.63) is 29.1 Å². The average Bonchev–Trinajstić information content (AvgIpc) is 2.53. The second-order valence-corrected chi connectivity index (χ2v) is 2.82. The third-order valence-corrected chi connectivity index (χ3v) is 2.14. The average molecular weight is 204 g/mol. The van der Waals surface area contributed by atoms with Crippen molar-refractivity contribution in [1.82, 2.24) is 5.32 Å². The monoisotopic (exact) mass is 203 g/mol. The van der Waals surface area contributed by atoms with E-state index in [1.807, 2.05) is 6.07 Å². The van der Waals surface area contributed by atoms with Crippen molar-refractivity contribution in [2.45, 2.75) is 13.1 Å². The van der Waals surface area contributed by atoms with Gasteiger partial charge in [0.1, 0.15) is 0 Å². The SMILES string of the molecule is COc1ccc2c(c1F)CNC2.Cl. The summed E-state index contributed by atoms with van der Waals surface area (Å²) in [6.45, 7) is 1.37. The van der Waals surface area contributed by atoms with Crippen LogP contribution in [0.3, 0.4) is 0 Å². The molecule has 0 spiro atoms. The number of nitrogens with one attached hydrogen (secondary N) is 1. The highest BCUT2D eigenvalue weighted by Gasteiger charge is 2.17. The molecule has 13 heavy (non-hydrogen) atoms. The van der Waals surface area contributed by atoms with Crippen molar-refractivity contribution in [2.24, 2.45) is 0 Å². The van der Waals surface area contributed by atoms with Gasteiger partial charge in [0, 0.05) is 18.7 Å². The summed E-state index contributed by atoms with van der Waals surface area (Å²) in [4.78, 5) is 0. The standard InChI is InChI=1S/C9H10FNO.ClH/c1-12-8-3-2-6-4-11-5-7(6)9(8)10;/h2-3,11H,4-5H2,1H3;1H. The van der Waals surface area contributed by atoms with Gasteiger partial charge < -0.3 is 10.1 Å². The zero-order valence-electron chi connectivity index (χ0n) is 7.26. The van der Waals surface area contributed by atoms with Crippen LogP contribution in [-0.4, -0.2) is 7.11 Å². The van der Waals surface area contributed by atoms with Gasteiger partial charge in [-0.1, -0.05) is 6.07 Å². The molecule has 1 heterocycles. The third-order valence-electron chi connectivity index (χ3n) is 2.14. The molecule has 0 saturated carbocycles. The molecule has 0 saturated heterocycles. The molecule has 0 bridgehead atoms. The van der Waals surface area contributed by atoms with Gasteiger partial charge >= 0.3 is 0 Å².